The zero-order valence-corrected chi connectivity index (χ0v) is 13.9. The molecule has 0 aliphatic carbocycles. The van der Waals surface area contributed by atoms with E-state index in [-0.39, 0.29) is 21.2 Å². The van der Waals surface area contributed by atoms with Crippen LogP contribution in [0.4, 0.5) is 0 Å². The van der Waals surface area contributed by atoms with Crippen molar-refractivity contribution < 1.29 is 21.2 Å². The van der Waals surface area contributed by atoms with Crippen LogP contribution in [0, 0.1) is 11.3 Å². The van der Waals surface area contributed by atoms with E-state index in [2.05, 4.69) is 23.0 Å². The molecule has 1 aliphatic heterocycles. The number of nitrogens with two attached hydrogens (primary N) is 1. The average Bonchev–Trinajstić information content (AvgIpc) is 3.00. The first-order chi connectivity index (χ1) is 10.2. The van der Waals surface area contributed by atoms with Gasteiger partial charge in [0.15, 0.2) is 0 Å². The van der Waals surface area contributed by atoms with Crippen LogP contribution in [0.15, 0.2) is 51.7 Å². The number of nitrogens with zero attached hydrogens (tertiary/aromatic N) is 2. The van der Waals surface area contributed by atoms with Crippen LogP contribution in [0.25, 0.3) is 3.58 Å². The van der Waals surface area contributed by atoms with Crippen molar-refractivity contribution in [3.05, 3.63) is 63.4 Å². The van der Waals surface area contributed by atoms with E-state index >= 15 is 0 Å². The molecule has 0 spiro atoms. The minimum absolute atomic E-state index is 0.365. The quantitative estimate of drug-likeness (QED) is 0.654. The minimum atomic E-state index is -0.365. The molecule has 1 aromatic rings. The maximum absolute atomic E-state index is 9.27. The Morgan fingerprint density at radius 1 is 1.57 bits per heavy atom. The Labute approximate surface area is 135 Å². The van der Waals surface area contributed by atoms with Crippen molar-refractivity contribution in [2.24, 2.45) is 10.7 Å². The molecule has 0 unspecified atom stereocenters. The van der Waals surface area contributed by atoms with E-state index in [1.54, 1.807) is 7.05 Å². The van der Waals surface area contributed by atoms with Gasteiger partial charge in [-0.05, 0) is 0 Å². The molecule has 0 saturated carbocycles. The Morgan fingerprint density at radius 3 is 3.00 bits per heavy atom. The summed E-state index contributed by atoms with van der Waals surface area (Å²) in [5, 5.41) is 12.4. The standard InChI is InChI=1S/C16H16IN4/c1-3-17-15(14-6-7-21-16(14)20-2)11-4-5-12(9-18)13(8-11)10-19/h3-8H,1,9,18H2,2H3,(H,20,21)/q-1/b15-14-. The Morgan fingerprint density at radius 2 is 2.38 bits per heavy atom. The number of hydrogen-bond donors (Lipinski definition) is 2. The Balaban J connectivity index is 2.59. The number of nitrogens with one attached hydrogen (secondary N) is 1. The molecule has 3 N–H and O–H groups in total. The van der Waals surface area contributed by atoms with Gasteiger partial charge in [0, 0.05) is 0 Å². The normalized spacial score (nSPS) is 17.7. The zero-order valence-electron chi connectivity index (χ0n) is 11.7. The molecule has 4 nitrogen and oxygen atoms in total. The number of halogens is 1. The van der Waals surface area contributed by atoms with Crippen molar-refractivity contribution in [3.63, 3.8) is 0 Å². The van der Waals surface area contributed by atoms with Gasteiger partial charge in [0.1, 0.15) is 0 Å². The fourth-order valence-corrected chi connectivity index (χ4v) is 3.98. The van der Waals surface area contributed by atoms with E-state index in [1.807, 2.05) is 34.6 Å². The van der Waals surface area contributed by atoms with Gasteiger partial charge >= 0.3 is 135 Å². The van der Waals surface area contributed by atoms with Crippen LogP contribution in [0.2, 0.25) is 0 Å². The summed E-state index contributed by atoms with van der Waals surface area (Å²) in [6.45, 7) is 4.24. The van der Waals surface area contributed by atoms with Gasteiger partial charge in [0.05, 0.1) is 0 Å². The van der Waals surface area contributed by atoms with Gasteiger partial charge in [0.25, 0.3) is 0 Å². The number of hydrogen-bond acceptors (Lipinski definition) is 3. The van der Waals surface area contributed by atoms with Crippen molar-refractivity contribution in [1.82, 2.24) is 5.32 Å². The Hall–Kier alpha value is -1.91. The summed E-state index contributed by atoms with van der Waals surface area (Å²) in [5.41, 5.74) is 9.28. The van der Waals surface area contributed by atoms with Gasteiger partial charge in [-0.1, -0.05) is 0 Å². The summed E-state index contributed by atoms with van der Waals surface area (Å²) in [4.78, 5) is 4.26. The molecular formula is C16H16IN4-. The molecule has 0 fully saturated rings. The summed E-state index contributed by atoms with van der Waals surface area (Å²) in [6.07, 6.45) is 3.90. The fraction of sp³-hybridized carbons (Fsp3) is 0.125. The predicted molar refractivity (Wildman–Crippen MR) is 81.8 cm³/mol. The molecule has 0 atom stereocenters. The van der Waals surface area contributed by atoms with Crippen LogP contribution < -0.4 is 32.3 Å². The van der Waals surface area contributed by atoms with Gasteiger partial charge in [-0.15, -0.1) is 0 Å². The second-order valence-corrected chi connectivity index (χ2v) is 6.81. The Bertz CT molecular complexity index is 693. The average molecular weight is 391 g/mol. The van der Waals surface area contributed by atoms with Crippen LogP contribution in [0.1, 0.15) is 16.7 Å². The molecule has 0 saturated heterocycles. The number of amidine groups is 1. The van der Waals surface area contributed by atoms with Gasteiger partial charge in [-0.2, -0.15) is 0 Å². The van der Waals surface area contributed by atoms with E-state index in [4.69, 9.17) is 5.73 Å². The zero-order chi connectivity index (χ0) is 15.2. The van der Waals surface area contributed by atoms with Crippen LogP contribution in [0.5, 0.6) is 0 Å². The summed E-state index contributed by atoms with van der Waals surface area (Å²) < 4.78 is 3.16. The van der Waals surface area contributed by atoms with Gasteiger partial charge in [-0.25, -0.2) is 0 Å². The monoisotopic (exact) mass is 391 g/mol. The van der Waals surface area contributed by atoms with Crippen molar-refractivity contribution in [3.8, 4) is 6.07 Å². The van der Waals surface area contributed by atoms with E-state index < -0.39 is 0 Å². The van der Waals surface area contributed by atoms with Gasteiger partial charge < -0.3 is 0 Å². The summed E-state index contributed by atoms with van der Waals surface area (Å²) >= 11 is -0.365. The molecular weight excluding hydrogens is 375 g/mol. The van der Waals surface area contributed by atoms with Gasteiger partial charge in [-0.3, -0.25) is 0 Å². The fourth-order valence-electron chi connectivity index (χ4n) is 2.07. The first-order valence-electron chi connectivity index (χ1n) is 6.37. The molecule has 108 valence electrons. The van der Waals surface area contributed by atoms with Crippen LogP contribution in [-0.2, 0) is 6.54 Å². The molecule has 2 rings (SSSR count). The van der Waals surface area contributed by atoms with Gasteiger partial charge in [0.2, 0.25) is 0 Å². The molecule has 0 amide bonds. The third-order valence-corrected chi connectivity index (χ3v) is 5.34. The summed E-state index contributed by atoms with van der Waals surface area (Å²) in [7, 11) is 1.76. The van der Waals surface area contributed by atoms with Crippen molar-refractivity contribution in [2.45, 2.75) is 6.54 Å². The first kappa shape index (κ1) is 15.5. The molecule has 1 heterocycles. The number of nitriles is 1. The van der Waals surface area contributed by atoms with E-state index in [1.165, 1.54) is 3.58 Å². The molecule has 21 heavy (non-hydrogen) atoms. The van der Waals surface area contributed by atoms with E-state index in [9.17, 15) is 5.26 Å². The van der Waals surface area contributed by atoms with Crippen LogP contribution in [-0.4, -0.2) is 12.9 Å². The van der Waals surface area contributed by atoms with Crippen LogP contribution in [0.3, 0.4) is 0 Å². The molecule has 0 bridgehead atoms. The predicted octanol–water partition coefficient (Wildman–Crippen LogP) is -0.894. The SMILES string of the molecule is C=C[I-]/C(=C1/C=CNC1=NC)c1ccc(CN)c(C#N)c1. The van der Waals surface area contributed by atoms with Crippen molar-refractivity contribution >= 4 is 9.42 Å². The Kier molecular flexibility index (Phi) is 5.31. The van der Waals surface area contributed by atoms with E-state index in [0.717, 1.165) is 22.5 Å². The molecule has 0 aromatic heterocycles. The molecule has 1 aliphatic rings. The van der Waals surface area contributed by atoms with Crippen molar-refractivity contribution in [2.75, 3.05) is 7.05 Å². The summed E-state index contributed by atoms with van der Waals surface area (Å²) in [6, 6.07) is 8.08. The third kappa shape index (κ3) is 3.23. The van der Waals surface area contributed by atoms with E-state index in [0.29, 0.717) is 12.1 Å². The second kappa shape index (κ2) is 7.20. The topological polar surface area (TPSA) is 74.2 Å². The molecule has 0 radical (unpaired) electrons. The van der Waals surface area contributed by atoms with Crippen molar-refractivity contribution in [1.29, 1.82) is 5.26 Å². The summed E-state index contributed by atoms with van der Waals surface area (Å²) in [5.74, 6) is 0.855. The van der Waals surface area contributed by atoms with Crippen LogP contribution >= 0.6 is 0 Å². The molecule has 5 heteroatoms. The number of aliphatic imine (C=N–C) groups is 1. The number of benzene rings is 1. The molecule has 1 aromatic carbocycles. The second-order valence-electron chi connectivity index (χ2n) is 4.23. The third-order valence-electron chi connectivity index (χ3n) is 3.08. The first-order valence-corrected chi connectivity index (χ1v) is 8.69. The maximum atomic E-state index is 9.27. The number of rotatable bonds is 4.